The number of hydrogen-bond donors (Lipinski definition) is 2. The van der Waals surface area contributed by atoms with Crippen LogP contribution < -0.4 is 15.5 Å². The number of nitrogens with zero attached hydrogens (tertiary/aromatic N) is 2. The van der Waals surface area contributed by atoms with Crippen molar-refractivity contribution in [3.63, 3.8) is 0 Å². The summed E-state index contributed by atoms with van der Waals surface area (Å²) in [6.07, 6.45) is 3.21. The van der Waals surface area contributed by atoms with Crippen LogP contribution in [0.15, 0.2) is 48.8 Å². The molecule has 3 amide bonds. The second-order valence-corrected chi connectivity index (χ2v) is 5.59. The van der Waals surface area contributed by atoms with Crippen molar-refractivity contribution in [2.75, 3.05) is 11.4 Å². The molecule has 0 saturated heterocycles. The Hall–Kier alpha value is -3.22. The monoisotopic (exact) mass is 338 g/mol. The molecule has 2 heterocycles. The van der Waals surface area contributed by atoms with Crippen LogP contribution in [0.5, 0.6) is 0 Å². The summed E-state index contributed by atoms with van der Waals surface area (Å²) in [6, 6.07) is 9.89. The molecule has 2 N–H and O–H groups in total. The number of nitrogens with one attached hydrogen (secondary N) is 2. The maximum absolute atomic E-state index is 12.5. The standard InChI is InChI=1S/C18H18N4O3/c1-2-22-14-6-4-3-5-13(14)15(18(22)25)21-17(24)16(23)20-11-12-7-9-19-10-8-12/h3-10,15H,2,11H2,1H3,(H,20,23)(H,21,24). The Balaban J connectivity index is 1.66. The summed E-state index contributed by atoms with van der Waals surface area (Å²) >= 11 is 0. The van der Waals surface area contributed by atoms with Crippen molar-refractivity contribution in [2.24, 2.45) is 0 Å². The zero-order valence-electron chi connectivity index (χ0n) is 13.7. The molecule has 1 atom stereocenters. The van der Waals surface area contributed by atoms with Gasteiger partial charge < -0.3 is 15.5 Å². The minimum atomic E-state index is -0.838. The first-order valence-electron chi connectivity index (χ1n) is 7.99. The van der Waals surface area contributed by atoms with E-state index in [9.17, 15) is 14.4 Å². The third kappa shape index (κ3) is 3.35. The number of likely N-dealkylation sites (N-methyl/N-ethyl adjacent to an activating group) is 1. The number of fused-ring (bicyclic) bond motifs is 1. The topological polar surface area (TPSA) is 91.4 Å². The molecule has 0 aliphatic carbocycles. The summed E-state index contributed by atoms with van der Waals surface area (Å²) in [5.41, 5.74) is 2.29. The van der Waals surface area contributed by atoms with Gasteiger partial charge in [0.25, 0.3) is 5.91 Å². The number of benzene rings is 1. The van der Waals surface area contributed by atoms with Gasteiger partial charge in [0, 0.05) is 36.7 Å². The maximum atomic E-state index is 12.5. The fraction of sp³-hybridized carbons (Fsp3) is 0.222. The van der Waals surface area contributed by atoms with E-state index in [2.05, 4.69) is 15.6 Å². The molecular formula is C18H18N4O3. The normalized spacial score (nSPS) is 15.6. The quantitative estimate of drug-likeness (QED) is 0.811. The molecule has 0 fully saturated rings. The van der Waals surface area contributed by atoms with Crippen LogP contribution in [0.4, 0.5) is 5.69 Å². The highest BCUT2D eigenvalue weighted by atomic mass is 16.2. The molecule has 0 spiro atoms. The predicted octanol–water partition coefficient (Wildman–Crippen LogP) is 0.922. The average Bonchev–Trinajstić information content (AvgIpc) is 2.91. The number of carbonyl (C=O) groups is 3. The van der Waals surface area contributed by atoms with Crippen LogP contribution in [0.3, 0.4) is 0 Å². The van der Waals surface area contributed by atoms with Crippen molar-refractivity contribution < 1.29 is 14.4 Å². The fourth-order valence-corrected chi connectivity index (χ4v) is 2.81. The van der Waals surface area contributed by atoms with Gasteiger partial charge in [-0.25, -0.2) is 0 Å². The molecular weight excluding hydrogens is 320 g/mol. The van der Waals surface area contributed by atoms with Gasteiger partial charge in [0.1, 0.15) is 6.04 Å². The first-order chi connectivity index (χ1) is 12.1. The SMILES string of the molecule is CCN1C(=O)C(NC(=O)C(=O)NCc2ccncc2)c2ccccc21. The highest BCUT2D eigenvalue weighted by molar-refractivity contribution is 6.35. The van der Waals surface area contributed by atoms with Gasteiger partial charge in [-0.2, -0.15) is 0 Å². The summed E-state index contributed by atoms with van der Waals surface area (Å²) in [6.45, 7) is 2.57. The number of carbonyl (C=O) groups excluding carboxylic acids is 3. The number of para-hydroxylation sites is 1. The minimum absolute atomic E-state index is 0.213. The molecule has 1 aromatic carbocycles. The smallest absolute Gasteiger partial charge is 0.310 e. The lowest BCUT2D eigenvalue weighted by Crippen LogP contribution is -2.44. The molecule has 1 aromatic heterocycles. The lowest BCUT2D eigenvalue weighted by Gasteiger charge is -2.15. The first-order valence-corrected chi connectivity index (χ1v) is 7.99. The Bertz CT molecular complexity index is 807. The maximum Gasteiger partial charge on any atom is 0.310 e. The largest absolute Gasteiger partial charge is 0.344 e. The lowest BCUT2D eigenvalue weighted by atomic mass is 10.1. The van der Waals surface area contributed by atoms with Crippen LogP contribution >= 0.6 is 0 Å². The van der Waals surface area contributed by atoms with Crippen molar-refractivity contribution >= 4 is 23.4 Å². The molecule has 25 heavy (non-hydrogen) atoms. The molecule has 128 valence electrons. The zero-order chi connectivity index (χ0) is 17.8. The number of hydrogen-bond acceptors (Lipinski definition) is 4. The first kappa shape index (κ1) is 16.6. The zero-order valence-corrected chi connectivity index (χ0v) is 13.7. The number of rotatable bonds is 4. The molecule has 2 aromatic rings. The Kier molecular flexibility index (Phi) is 4.74. The molecule has 7 nitrogen and oxygen atoms in total. The molecule has 1 unspecified atom stereocenters. The van der Waals surface area contributed by atoms with Crippen LogP contribution in [0.25, 0.3) is 0 Å². The van der Waals surface area contributed by atoms with Crippen LogP contribution in [0, 0.1) is 0 Å². The number of amides is 3. The Morgan fingerprint density at radius 3 is 2.56 bits per heavy atom. The number of aromatic nitrogens is 1. The van der Waals surface area contributed by atoms with Crippen molar-refractivity contribution in [1.29, 1.82) is 0 Å². The molecule has 1 aliphatic heterocycles. The van der Waals surface area contributed by atoms with Gasteiger partial charge in [-0.05, 0) is 30.7 Å². The van der Waals surface area contributed by atoms with E-state index >= 15 is 0 Å². The van der Waals surface area contributed by atoms with Gasteiger partial charge >= 0.3 is 11.8 Å². The Morgan fingerprint density at radius 1 is 1.12 bits per heavy atom. The van der Waals surface area contributed by atoms with Gasteiger partial charge in [0.15, 0.2) is 0 Å². The Labute approximate surface area is 145 Å². The minimum Gasteiger partial charge on any atom is -0.344 e. The molecule has 0 radical (unpaired) electrons. The lowest BCUT2D eigenvalue weighted by molar-refractivity contribution is -0.140. The van der Waals surface area contributed by atoms with E-state index in [4.69, 9.17) is 0 Å². The summed E-state index contributed by atoms with van der Waals surface area (Å²) in [5.74, 6) is -1.85. The highest BCUT2D eigenvalue weighted by Crippen LogP contribution is 2.35. The van der Waals surface area contributed by atoms with E-state index in [1.165, 1.54) is 0 Å². The fourth-order valence-electron chi connectivity index (χ4n) is 2.81. The van der Waals surface area contributed by atoms with Crippen molar-refractivity contribution in [2.45, 2.75) is 19.5 Å². The second kappa shape index (κ2) is 7.12. The van der Waals surface area contributed by atoms with Crippen molar-refractivity contribution in [3.05, 3.63) is 59.9 Å². The van der Waals surface area contributed by atoms with Gasteiger partial charge in [-0.3, -0.25) is 19.4 Å². The van der Waals surface area contributed by atoms with Crippen LogP contribution in [0.2, 0.25) is 0 Å². The van der Waals surface area contributed by atoms with Gasteiger partial charge in [0.05, 0.1) is 0 Å². The molecule has 1 aliphatic rings. The number of pyridine rings is 1. The molecule has 3 rings (SSSR count). The van der Waals surface area contributed by atoms with Crippen LogP contribution in [-0.2, 0) is 20.9 Å². The summed E-state index contributed by atoms with van der Waals surface area (Å²) in [7, 11) is 0. The van der Waals surface area contributed by atoms with Gasteiger partial charge in [-0.15, -0.1) is 0 Å². The van der Waals surface area contributed by atoms with E-state index in [1.807, 2.05) is 19.1 Å². The highest BCUT2D eigenvalue weighted by Gasteiger charge is 2.37. The molecule has 0 saturated carbocycles. The molecule has 7 heteroatoms. The third-order valence-electron chi connectivity index (χ3n) is 4.05. The number of anilines is 1. The summed E-state index contributed by atoms with van der Waals surface area (Å²) < 4.78 is 0. The van der Waals surface area contributed by atoms with Gasteiger partial charge in [-0.1, -0.05) is 18.2 Å². The van der Waals surface area contributed by atoms with E-state index < -0.39 is 17.9 Å². The van der Waals surface area contributed by atoms with Crippen molar-refractivity contribution in [1.82, 2.24) is 15.6 Å². The average molecular weight is 338 g/mol. The third-order valence-corrected chi connectivity index (χ3v) is 4.05. The van der Waals surface area contributed by atoms with Crippen LogP contribution in [-0.4, -0.2) is 29.3 Å². The van der Waals surface area contributed by atoms with E-state index in [0.717, 1.165) is 11.3 Å². The van der Waals surface area contributed by atoms with E-state index in [-0.39, 0.29) is 12.5 Å². The van der Waals surface area contributed by atoms with Crippen LogP contribution in [0.1, 0.15) is 24.1 Å². The Morgan fingerprint density at radius 2 is 1.84 bits per heavy atom. The van der Waals surface area contributed by atoms with Crippen molar-refractivity contribution in [3.8, 4) is 0 Å². The van der Waals surface area contributed by atoms with Gasteiger partial charge in [0.2, 0.25) is 0 Å². The summed E-state index contributed by atoms with van der Waals surface area (Å²) in [5, 5.41) is 5.06. The van der Waals surface area contributed by atoms with E-state index in [0.29, 0.717) is 12.1 Å². The summed E-state index contributed by atoms with van der Waals surface area (Å²) in [4.78, 5) is 42.2. The predicted molar refractivity (Wildman–Crippen MR) is 91.4 cm³/mol. The van der Waals surface area contributed by atoms with E-state index in [1.54, 1.807) is 41.6 Å². The second-order valence-electron chi connectivity index (χ2n) is 5.59. The molecule has 0 bridgehead atoms.